The van der Waals surface area contributed by atoms with Crippen molar-refractivity contribution in [2.75, 3.05) is 13.2 Å². The third-order valence-electron chi connectivity index (χ3n) is 2.31. The van der Waals surface area contributed by atoms with Gasteiger partial charge in [0.2, 0.25) is 0 Å². The fourth-order valence-electron chi connectivity index (χ4n) is 1.57. The molecule has 0 aromatic rings. The zero-order valence-corrected chi connectivity index (χ0v) is 9.53. The molecule has 4 heteroatoms. The average Bonchev–Trinajstić information content (AvgIpc) is 2.59. The van der Waals surface area contributed by atoms with Crippen molar-refractivity contribution in [3.05, 3.63) is 0 Å². The third kappa shape index (κ3) is 5.14. The van der Waals surface area contributed by atoms with Crippen LogP contribution >= 0.6 is 0 Å². The van der Waals surface area contributed by atoms with Crippen molar-refractivity contribution in [2.24, 2.45) is 0 Å². The van der Waals surface area contributed by atoms with E-state index in [2.05, 4.69) is 6.92 Å². The topological polar surface area (TPSA) is 44.8 Å². The summed E-state index contributed by atoms with van der Waals surface area (Å²) in [5.74, 6) is -0.254. The lowest BCUT2D eigenvalue weighted by atomic mass is 10.2. The third-order valence-corrected chi connectivity index (χ3v) is 2.31. The second-order valence-corrected chi connectivity index (χ2v) is 3.81. The van der Waals surface area contributed by atoms with E-state index in [1.165, 1.54) is 19.8 Å². The highest BCUT2D eigenvalue weighted by Gasteiger charge is 2.27. The molecule has 0 bridgehead atoms. The fraction of sp³-hybridized carbons (Fsp3) is 0.909. The van der Waals surface area contributed by atoms with Crippen LogP contribution in [-0.2, 0) is 19.0 Å². The maximum Gasteiger partial charge on any atom is 0.302 e. The molecule has 1 aliphatic heterocycles. The highest BCUT2D eigenvalue weighted by molar-refractivity contribution is 5.66. The number of carbonyl (C=O) groups excluding carboxylic acids is 1. The van der Waals surface area contributed by atoms with Crippen molar-refractivity contribution < 1.29 is 19.0 Å². The zero-order chi connectivity index (χ0) is 11.1. The van der Waals surface area contributed by atoms with E-state index in [0.29, 0.717) is 13.0 Å². The van der Waals surface area contributed by atoms with E-state index in [1.54, 1.807) is 0 Å². The quantitative estimate of drug-likeness (QED) is 0.502. The van der Waals surface area contributed by atoms with Gasteiger partial charge in [0, 0.05) is 20.0 Å². The number of ether oxygens (including phenoxy) is 3. The summed E-state index contributed by atoms with van der Waals surface area (Å²) >= 11 is 0. The lowest BCUT2D eigenvalue weighted by Crippen LogP contribution is -2.17. The predicted octanol–water partition coefficient (Wildman–Crippen LogP) is 1.87. The molecule has 1 rings (SSSR count). The molecular weight excluding hydrogens is 196 g/mol. The Hall–Kier alpha value is -0.610. The van der Waals surface area contributed by atoms with Gasteiger partial charge in [0.25, 0.3) is 0 Å². The van der Waals surface area contributed by atoms with E-state index < -0.39 is 0 Å². The minimum Gasteiger partial charge on any atom is -0.460 e. The SMILES string of the molecule is CCCCCOC1CC(OC(C)=O)CO1. The molecule has 2 unspecified atom stereocenters. The Morgan fingerprint density at radius 3 is 2.93 bits per heavy atom. The number of esters is 1. The Bertz CT molecular complexity index is 193. The van der Waals surface area contributed by atoms with E-state index in [9.17, 15) is 4.79 Å². The molecule has 0 aromatic carbocycles. The summed E-state index contributed by atoms with van der Waals surface area (Å²) in [6.07, 6.45) is 3.77. The minimum atomic E-state index is -0.254. The van der Waals surface area contributed by atoms with Crippen LogP contribution in [0.15, 0.2) is 0 Å². The first kappa shape index (κ1) is 12.5. The number of hydrogen-bond acceptors (Lipinski definition) is 4. The molecule has 15 heavy (non-hydrogen) atoms. The van der Waals surface area contributed by atoms with Crippen LogP contribution in [0.2, 0.25) is 0 Å². The summed E-state index contributed by atoms with van der Waals surface area (Å²) < 4.78 is 15.9. The van der Waals surface area contributed by atoms with Crippen molar-refractivity contribution in [3.63, 3.8) is 0 Å². The Morgan fingerprint density at radius 2 is 2.27 bits per heavy atom. The summed E-state index contributed by atoms with van der Waals surface area (Å²) in [5.41, 5.74) is 0. The molecular formula is C11H20O4. The van der Waals surface area contributed by atoms with Crippen LogP contribution in [0.4, 0.5) is 0 Å². The zero-order valence-electron chi connectivity index (χ0n) is 9.53. The predicted molar refractivity (Wildman–Crippen MR) is 55.4 cm³/mol. The van der Waals surface area contributed by atoms with Gasteiger partial charge in [-0.2, -0.15) is 0 Å². The van der Waals surface area contributed by atoms with Crippen LogP contribution in [-0.4, -0.2) is 31.6 Å². The lowest BCUT2D eigenvalue weighted by molar-refractivity contribution is -0.146. The highest BCUT2D eigenvalue weighted by Crippen LogP contribution is 2.17. The van der Waals surface area contributed by atoms with Crippen LogP contribution in [0.25, 0.3) is 0 Å². The number of unbranched alkanes of at least 4 members (excludes halogenated alkanes) is 2. The molecule has 0 aromatic heterocycles. The molecule has 0 aliphatic carbocycles. The molecule has 1 saturated heterocycles. The maximum absolute atomic E-state index is 10.7. The van der Waals surface area contributed by atoms with E-state index in [0.717, 1.165) is 13.0 Å². The van der Waals surface area contributed by atoms with E-state index in [4.69, 9.17) is 14.2 Å². The van der Waals surface area contributed by atoms with Crippen LogP contribution < -0.4 is 0 Å². The monoisotopic (exact) mass is 216 g/mol. The molecule has 2 atom stereocenters. The van der Waals surface area contributed by atoms with Crippen molar-refractivity contribution in [1.29, 1.82) is 0 Å². The summed E-state index contributed by atoms with van der Waals surface area (Å²) in [7, 11) is 0. The largest absolute Gasteiger partial charge is 0.460 e. The molecule has 1 aliphatic rings. The van der Waals surface area contributed by atoms with E-state index in [-0.39, 0.29) is 18.4 Å². The number of rotatable bonds is 6. The Balaban J connectivity index is 2.05. The molecule has 0 amide bonds. The Kier molecular flexibility index (Phi) is 5.65. The van der Waals surface area contributed by atoms with Gasteiger partial charge in [0.1, 0.15) is 6.10 Å². The molecule has 0 radical (unpaired) electrons. The second kappa shape index (κ2) is 6.80. The lowest BCUT2D eigenvalue weighted by Gasteiger charge is -2.10. The minimum absolute atomic E-state index is 0.126. The number of hydrogen-bond donors (Lipinski definition) is 0. The molecule has 88 valence electrons. The molecule has 1 heterocycles. The van der Waals surface area contributed by atoms with Gasteiger partial charge in [0.05, 0.1) is 6.61 Å². The first-order chi connectivity index (χ1) is 7.22. The van der Waals surface area contributed by atoms with Gasteiger partial charge in [-0.15, -0.1) is 0 Å². The summed E-state index contributed by atoms with van der Waals surface area (Å²) in [6, 6.07) is 0. The summed E-state index contributed by atoms with van der Waals surface area (Å²) in [6.45, 7) is 4.75. The maximum atomic E-state index is 10.7. The van der Waals surface area contributed by atoms with Crippen molar-refractivity contribution in [1.82, 2.24) is 0 Å². The molecule has 0 spiro atoms. The van der Waals surface area contributed by atoms with Gasteiger partial charge < -0.3 is 14.2 Å². The fourth-order valence-corrected chi connectivity index (χ4v) is 1.57. The van der Waals surface area contributed by atoms with Crippen molar-refractivity contribution in [2.45, 2.75) is 51.9 Å². The van der Waals surface area contributed by atoms with Gasteiger partial charge >= 0.3 is 5.97 Å². The van der Waals surface area contributed by atoms with Gasteiger partial charge in [-0.25, -0.2) is 0 Å². The van der Waals surface area contributed by atoms with Gasteiger partial charge in [-0.3, -0.25) is 4.79 Å². The first-order valence-electron chi connectivity index (χ1n) is 5.62. The molecule has 4 nitrogen and oxygen atoms in total. The van der Waals surface area contributed by atoms with Crippen molar-refractivity contribution in [3.8, 4) is 0 Å². The number of carbonyl (C=O) groups is 1. The normalized spacial score (nSPS) is 25.5. The smallest absolute Gasteiger partial charge is 0.302 e. The van der Waals surface area contributed by atoms with Crippen LogP contribution in [0.5, 0.6) is 0 Å². The van der Waals surface area contributed by atoms with Crippen LogP contribution in [0.3, 0.4) is 0 Å². The van der Waals surface area contributed by atoms with Crippen LogP contribution in [0.1, 0.15) is 39.5 Å². The van der Waals surface area contributed by atoms with E-state index in [1.807, 2.05) is 0 Å². The molecule has 0 N–H and O–H groups in total. The standard InChI is InChI=1S/C11H20O4/c1-3-4-5-6-13-11-7-10(8-14-11)15-9(2)12/h10-11H,3-8H2,1-2H3. The van der Waals surface area contributed by atoms with E-state index >= 15 is 0 Å². The van der Waals surface area contributed by atoms with Crippen LogP contribution in [0, 0.1) is 0 Å². The summed E-state index contributed by atoms with van der Waals surface area (Å²) in [5, 5.41) is 0. The Labute approximate surface area is 90.9 Å². The first-order valence-corrected chi connectivity index (χ1v) is 5.62. The highest BCUT2D eigenvalue weighted by atomic mass is 16.7. The van der Waals surface area contributed by atoms with Gasteiger partial charge in [-0.05, 0) is 6.42 Å². The summed E-state index contributed by atoms with van der Waals surface area (Å²) in [4.78, 5) is 10.7. The Morgan fingerprint density at radius 1 is 1.47 bits per heavy atom. The molecule has 0 saturated carbocycles. The van der Waals surface area contributed by atoms with Crippen molar-refractivity contribution >= 4 is 5.97 Å². The van der Waals surface area contributed by atoms with Gasteiger partial charge in [-0.1, -0.05) is 19.8 Å². The second-order valence-electron chi connectivity index (χ2n) is 3.81. The molecule has 1 fully saturated rings. The average molecular weight is 216 g/mol. The van der Waals surface area contributed by atoms with Gasteiger partial charge in [0.15, 0.2) is 6.29 Å².